The lowest BCUT2D eigenvalue weighted by atomic mass is 10.0. The van der Waals surface area contributed by atoms with E-state index in [0.29, 0.717) is 5.56 Å². The van der Waals surface area contributed by atoms with Crippen LogP contribution in [0.5, 0.6) is 5.75 Å². The average Bonchev–Trinajstić information content (AvgIpc) is 2.12. The van der Waals surface area contributed by atoms with Crippen molar-refractivity contribution >= 4 is 12.4 Å². The van der Waals surface area contributed by atoms with E-state index in [0.717, 1.165) is 0 Å². The highest BCUT2D eigenvalue weighted by atomic mass is 35.5. The van der Waals surface area contributed by atoms with Gasteiger partial charge in [-0.3, -0.25) is 0 Å². The molecule has 0 spiro atoms. The lowest BCUT2D eigenvalue weighted by molar-refractivity contribution is 0.445. The first-order valence-corrected chi connectivity index (χ1v) is 4.01. The molecule has 0 radical (unpaired) electrons. The van der Waals surface area contributed by atoms with Crippen molar-refractivity contribution in [2.24, 2.45) is 11.5 Å². The second-order valence-corrected chi connectivity index (χ2v) is 2.97. The smallest absolute Gasteiger partial charge is 0.131 e. The third kappa shape index (κ3) is 2.35. The van der Waals surface area contributed by atoms with Gasteiger partial charge < -0.3 is 16.6 Å². The summed E-state index contributed by atoms with van der Waals surface area (Å²) >= 11 is 0. The second-order valence-electron chi connectivity index (χ2n) is 2.97. The van der Waals surface area contributed by atoms with Gasteiger partial charge in [0.05, 0.1) is 0 Å². The molecule has 80 valence electrons. The van der Waals surface area contributed by atoms with Gasteiger partial charge in [-0.2, -0.15) is 0 Å². The summed E-state index contributed by atoms with van der Waals surface area (Å²) < 4.78 is 13.2. The summed E-state index contributed by atoms with van der Waals surface area (Å²) in [6.45, 7) is 1.79. The maximum absolute atomic E-state index is 13.2. The van der Waals surface area contributed by atoms with E-state index in [1.807, 2.05) is 0 Å². The highest BCUT2D eigenvalue weighted by molar-refractivity contribution is 5.85. The molecule has 3 nitrogen and oxygen atoms in total. The average molecular weight is 221 g/mol. The van der Waals surface area contributed by atoms with Crippen LogP contribution in [0.25, 0.3) is 0 Å². The van der Waals surface area contributed by atoms with Gasteiger partial charge in [-0.15, -0.1) is 12.4 Å². The summed E-state index contributed by atoms with van der Waals surface area (Å²) in [6.07, 6.45) is 0. The minimum absolute atomic E-state index is 0. The van der Waals surface area contributed by atoms with E-state index < -0.39 is 11.9 Å². The van der Waals surface area contributed by atoms with Crippen LogP contribution in [0.4, 0.5) is 4.39 Å². The number of hydrogen-bond acceptors (Lipinski definition) is 3. The van der Waals surface area contributed by atoms with Crippen molar-refractivity contribution in [1.82, 2.24) is 0 Å². The van der Waals surface area contributed by atoms with Gasteiger partial charge >= 0.3 is 0 Å². The summed E-state index contributed by atoms with van der Waals surface area (Å²) in [5.41, 5.74) is 11.5. The minimum atomic E-state index is -0.653. The first kappa shape index (κ1) is 13.2. The molecule has 0 aliphatic carbocycles. The lowest BCUT2D eigenvalue weighted by Gasteiger charge is -2.13. The molecular weight excluding hydrogens is 207 g/mol. The molecule has 5 heteroatoms. The molecule has 0 aliphatic heterocycles. The number of aromatic hydroxyl groups is 1. The molecule has 5 N–H and O–H groups in total. The van der Waals surface area contributed by atoms with Crippen LogP contribution in [0.15, 0.2) is 12.1 Å². The zero-order valence-corrected chi connectivity index (χ0v) is 8.64. The van der Waals surface area contributed by atoms with E-state index in [-0.39, 0.29) is 30.3 Å². The topological polar surface area (TPSA) is 72.3 Å². The van der Waals surface area contributed by atoms with E-state index in [4.69, 9.17) is 11.5 Å². The van der Waals surface area contributed by atoms with Gasteiger partial charge in [-0.25, -0.2) is 4.39 Å². The van der Waals surface area contributed by atoms with Crippen LogP contribution in [0.3, 0.4) is 0 Å². The van der Waals surface area contributed by atoms with E-state index in [2.05, 4.69) is 0 Å². The third-order valence-electron chi connectivity index (χ3n) is 1.99. The van der Waals surface area contributed by atoms with Gasteiger partial charge in [0.25, 0.3) is 0 Å². The first-order valence-electron chi connectivity index (χ1n) is 4.01. The molecule has 0 unspecified atom stereocenters. The van der Waals surface area contributed by atoms with Crippen LogP contribution in [0.1, 0.15) is 17.2 Å². The molecule has 14 heavy (non-hydrogen) atoms. The molecular formula is C9H14ClFN2O. The van der Waals surface area contributed by atoms with Crippen LogP contribution in [0, 0.1) is 12.7 Å². The summed E-state index contributed by atoms with van der Waals surface area (Å²) in [7, 11) is 0. The van der Waals surface area contributed by atoms with Crippen molar-refractivity contribution in [3.8, 4) is 5.75 Å². The van der Waals surface area contributed by atoms with Crippen LogP contribution >= 0.6 is 12.4 Å². The molecule has 1 rings (SSSR count). The Morgan fingerprint density at radius 1 is 1.50 bits per heavy atom. The number of halogens is 2. The summed E-state index contributed by atoms with van der Waals surface area (Å²) in [5, 5.41) is 9.50. The fourth-order valence-corrected chi connectivity index (χ4v) is 1.16. The van der Waals surface area contributed by atoms with Gasteiger partial charge in [0.1, 0.15) is 11.6 Å². The largest absolute Gasteiger partial charge is 0.507 e. The predicted octanol–water partition coefficient (Wildman–Crippen LogP) is 1.22. The number of phenols is 1. The highest BCUT2D eigenvalue weighted by Crippen LogP contribution is 2.28. The first-order chi connectivity index (χ1) is 6.07. The monoisotopic (exact) mass is 220 g/mol. The van der Waals surface area contributed by atoms with Crippen LogP contribution < -0.4 is 11.5 Å². The Hall–Kier alpha value is -0.840. The van der Waals surface area contributed by atoms with Crippen LogP contribution in [-0.4, -0.2) is 11.7 Å². The highest BCUT2D eigenvalue weighted by Gasteiger charge is 2.16. The van der Waals surface area contributed by atoms with Crippen molar-refractivity contribution in [3.05, 3.63) is 29.1 Å². The number of nitrogens with two attached hydrogens (primary N) is 2. The predicted molar refractivity (Wildman–Crippen MR) is 56.0 cm³/mol. The Morgan fingerprint density at radius 3 is 2.57 bits per heavy atom. The van der Waals surface area contributed by atoms with E-state index in [9.17, 15) is 9.50 Å². The molecule has 0 amide bonds. The maximum atomic E-state index is 13.2. The fraction of sp³-hybridized carbons (Fsp3) is 0.333. The van der Waals surface area contributed by atoms with Crippen molar-refractivity contribution < 1.29 is 9.50 Å². The zero-order valence-electron chi connectivity index (χ0n) is 7.83. The van der Waals surface area contributed by atoms with Crippen molar-refractivity contribution in [2.75, 3.05) is 6.54 Å². The number of phenolic OH excluding ortho intramolecular Hbond substituents is 1. The zero-order chi connectivity index (χ0) is 10.0. The molecule has 0 aliphatic rings. The Kier molecular flexibility index (Phi) is 4.83. The molecule has 0 fully saturated rings. The van der Waals surface area contributed by atoms with Crippen LogP contribution in [0.2, 0.25) is 0 Å². The molecule has 1 aromatic carbocycles. The molecule has 0 aromatic heterocycles. The molecule has 0 bridgehead atoms. The standard InChI is InChI=1S/C9H13FN2O.ClH/c1-5-2-3-6(10)8(9(5)13)7(12)4-11;/h2-3,7,13H,4,11-12H2,1H3;1H/t7-;/m1./s1. The molecule has 1 atom stereocenters. The molecule has 1 aromatic rings. The van der Waals surface area contributed by atoms with Gasteiger partial charge in [-0.05, 0) is 18.6 Å². The maximum Gasteiger partial charge on any atom is 0.131 e. The van der Waals surface area contributed by atoms with Crippen molar-refractivity contribution in [3.63, 3.8) is 0 Å². The van der Waals surface area contributed by atoms with Gasteiger partial charge in [0.2, 0.25) is 0 Å². The Balaban J connectivity index is 0.00000169. The number of aryl methyl sites for hydroxylation is 1. The summed E-state index contributed by atoms with van der Waals surface area (Å²) in [5.74, 6) is -0.612. The van der Waals surface area contributed by atoms with Crippen molar-refractivity contribution in [2.45, 2.75) is 13.0 Å². The number of benzene rings is 1. The van der Waals surface area contributed by atoms with E-state index in [1.165, 1.54) is 12.1 Å². The second kappa shape index (κ2) is 5.14. The summed E-state index contributed by atoms with van der Waals surface area (Å²) in [4.78, 5) is 0. The van der Waals surface area contributed by atoms with Gasteiger partial charge in [0.15, 0.2) is 0 Å². The van der Waals surface area contributed by atoms with Crippen LogP contribution in [-0.2, 0) is 0 Å². The quantitative estimate of drug-likeness (QED) is 0.702. The molecule has 0 saturated heterocycles. The Morgan fingerprint density at radius 2 is 2.07 bits per heavy atom. The lowest BCUT2D eigenvalue weighted by Crippen LogP contribution is -2.22. The van der Waals surface area contributed by atoms with E-state index >= 15 is 0 Å². The minimum Gasteiger partial charge on any atom is -0.507 e. The number of hydrogen-bond donors (Lipinski definition) is 3. The third-order valence-corrected chi connectivity index (χ3v) is 1.99. The SMILES string of the molecule is Cc1ccc(F)c([C@H](N)CN)c1O.Cl. The van der Waals surface area contributed by atoms with Gasteiger partial charge in [-0.1, -0.05) is 6.07 Å². The molecule has 0 heterocycles. The Bertz CT molecular complexity index is 320. The number of rotatable bonds is 2. The van der Waals surface area contributed by atoms with E-state index in [1.54, 1.807) is 6.92 Å². The Labute approximate surface area is 88.3 Å². The molecule has 0 saturated carbocycles. The fourth-order valence-electron chi connectivity index (χ4n) is 1.16. The van der Waals surface area contributed by atoms with Gasteiger partial charge in [0, 0.05) is 18.2 Å². The normalized spacial score (nSPS) is 12.0. The summed E-state index contributed by atoms with van der Waals surface area (Å²) in [6, 6.07) is 2.12. The van der Waals surface area contributed by atoms with Crippen molar-refractivity contribution in [1.29, 1.82) is 0 Å².